The zero-order valence-electron chi connectivity index (χ0n) is 14.7. The Hall–Kier alpha value is -2.13. The lowest BCUT2D eigenvalue weighted by molar-refractivity contribution is 0.571. The maximum atomic E-state index is 5.90. The van der Waals surface area contributed by atoms with Gasteiger partial charge in [-0.2, -0.15) is 0 Å². The molecule has 4 rings (SSSR count). The SMILES string of the molecule is Cc1ccoc1N(c1ccccc1S)c1ccc(C)c2c1CCCC2. The van der Waals surface area contributed by atoms with Crippen molar-refractivity contribution >= 4 is 29.9 Å². The number of furan rings is 1. The van der Waals surface area contributed by atoms with Crippen molar-refractivity contribution < 1.29 is 4.42 Å². The van der Waals surface area contributed by atoms with E-state index in [-0.39, 0.29) is 0 Å². The molecule has 3 heteroatoms. The standard InChI is InChI=1S/C22H23NOS/c1-15-11-12-19(18-8-4-3-7-17(15)18)23(22-16(2)13-14-24-22)20-9-5-6-10-21(20)25/h5-6,9-14,25H,3-4,7-8H2,1-2H3. The maximum absolute atomic E-state index is 5.90. The van der Waals surface area contributed by atoms with E-state index in [1.807, 2.05) is 18.2 Å². The summed E-state index contributed by atoms with van der Waals surface area (Å²) < 4.78 is 5.90. The zero-order valence-corrected chi connectivity index (χ0v) is 15.6. The highest BCUT2D eigenvalue weighted by molar-refractivity contribution is 7.80. The van der Waals surface area contributed by atoms with Gasteiger partial charge in [0.15, 0.2) is 0 Å². The fourth-order valence-corrected chi connectivity index (χ4v) is 4.09. The molecule has 0 saturated heterocycles. The lowest BCUT2D eigenvalue weighted by Crippen LogP contribution is -2.16. The molecular formula is C22H23NOS. The van der Waals surface area contributed by atoms with Crippen LogP contribution >= 0.6 is 12.6 Å². The number of aryl methyl sites for hydroxylation is 2. The predicted molar refractivity (Wildman–Crippen MR) is 107 cm³/mol. The number of rotatable bonds is 3. The van der Waals surface area contributed by atoms with Crippen LogP contribution in [0.1, 0.15) is 35.1 Å². The molecule has 0 N–H and O–H groups in total. The van der Waals surface area contributed by atoms with E-state index in [1.165, 1.54) is 41.6 Å². The topological polar surface area (TPSA) is 16.4 Å². The Kier molecular flexibility index (Phi) is 4.34. The van der Waals surface area contributed by atoms with Gasteiger partial charge in [0.25, 0.3) is 0 Å². The molecule has 3 aromatic rings. The average Bonchev–Trinajstić information content (AvgIpc) is 3.05. The van der Waals surface area contributed by atoms with Crippen molar-refractivity contribution in [3.8, 4) is 0 Å². The second kappa shape index (κ2) is 6.64. The fourth-order valence-electron chi connectivity index (χ4n) is 3.83. The first-order valence-electron chi connectivity index (χ1n) is 8.90. The van der Waals surface area contributed by atoms with E-state index < -0.39 is 0 Å². The van der Waals surface area contributed by atoms with E-state index in [0.29, 0.717) is 0 Å². The molecule has 0 spiro atoms. The molecule has 1 aliphatic rings. The molecule has 0 bridgehead atoms. The van der Waals surface area contributed by atoms with Crippen LogP contribution in [-0.4, -0.2) is 0 Å². The summed E-state index contributed by atoms with van der Waals surface area (Å²) in [7, 11) is 0. The summed E-state index contributed by atoms with van der Waals surface area (Å²) in [6.45, 7) is 4.32. The van der Waals surface area contributed by atoms with Gasteiger partial charge in [0.05, 0.1) is 17.6 Å². The van der Waals surface area contributed by atoms with Gasteiger partial charge in [0, 0.05) is 10.5 Å². The highest BCUT2D eigenvalue weighted by atomic mass is 32.1. The number of hydrogen-bond donors (Lipinski definition) is 1. The second-order valence-corrected chi connectivity index (χ2v) is 7.28. The molecule has 0 saturated carbocycles. The average molecular weight is 349 g/mol. The van der Waals surface area contributed by atoms with Crippen LogP contribution < -0.4 is 4.90 Å². The number of benzene rings is 2. The van der Waals surface area contributed by atoms with E-state index in [1.54, 1.807) is 6.26 Å². The number of nitrogens with zero attached hydrogens (tertiary/aromatic N) is 1. The Bertz CT molecular complexity index is 912. The van der Waals surface area contributed by atoms with Crippen molar-refractivity contribution in [1.29, 1.82) is 0 Å². The molecule has 25 heavy (non-hydrogen) atoms. The van der Waals surface area contributed by atoms with Crippen molar-refractivity contribution in [3.05, 3.63) is 71.0 Å². The van der Waals surface area contributed by atoms with Crippen molar-refractivity contribution in [2.75, 3.05) is 4.90 Å². The molecule has 0 fully saturated rings. The molecule has 0 radical (unpaired) electrons. The van der Waals surface area contributed by atoms with Crippen LogP contribution in [0.3, 0.4) is 0 Å². The summed E-state index contributed by atoms with van der Waals surface area (Å²) in [6, 6.07) is 14.7. The van der Waals surface area contributed by atoms with Gasteiger partial charge < -0.3 is 4.42 Å². The first kappa shape index (κ1) is 16.3. The Balaban J connectivity index is 1.97. The smallest absolute Gasteiger partial charge is 0.207 e. The van der Waals surface area contributed by atoms with Crippen LogP contribution in [0, 0.1) is 13.8 Å². The third-order valence-electron chi connectivity index (χ3n) is 5.15. The molecular weight excluding hydrogens is 326 g/mol. The van der Waals surface area contributed by atoms with Crippen molar-refractivity contribution in [3.63, 3.8) is 0 Å². The van der Waals surface area contributed by atoms with Crippen molar-refractivity contribution in [1.82, 2.24) is 0 Å². The van der Waals surface area contributed by atoms with Gasteiger partial charge in [-0.15, -0.1) is 12.6 Å². The minimum absolute atomic E-state index is 0.873. The van der Waals surface area contributed by atoms with Crippen LogP contribution in [0.2, 0.25) is 0 Å². The largest absolute Gasteiger partial charge is 0.448 e. The third-order valence-corrected chi connectivity index (χ3v) is 5.52. The summed E-state index contributed by atoms with van der Waals surface area (Å²) >= 11 is 4.72. The second-order valence-electron chi connectivity index (χ2n) is 6.80. The molecule has 0 amide bonds. The predicted octanol–water partition coefficient (Wildman–Crippen LogP) is 6.53. The monoisotopic (exact) mass is 349 g/mol. The maximum Gasteiger partial charge on any atom is 0.207 e. The number of hydrogen-bond acceptors (Lipinski definition) is 3. The van der Waals surface area contributed by atoms with Crippen molar-refractivity contribution in [2.24, 2.45) is 0 Å². The molecule has 2 aromatic carbocycles. The van der Waals surface area contributed by atoms with E-state index in [0.717, 1.165) is 28.5 Å². The Morgan fingerprint density at radius 1 is 0.840 bits per heavy atom. The number of anilines is 3. The quantitative estimate of drug-likeness (QED) is 0.541. The summed E-state index contributed by atoms with van der Waals surface area (Å²) in [5.74, 6) is 0.873. The van der Waals surface area contributed by atoms with Crippen LogP contribution in [0.15, 0.2) is 58.0 Å². The normalized spacial score (nSPS) is 13.6. The molecule has 1 aromatic heterocycles. The lowest BCUT2D eigenvalue weighted by atomic mass is 9.87. The Morgan fingerprint density at radius 2 is 1.60 bits per heavy atom. The lowest BCUT2D eigenvalue weighted by Gasteiger charge is -2.30. The van der Waals surface area contributed by atoms with Gasteiger partial charge in [-0.3, -0.25) is 4.90 Å². The highest BCUT2D eigenvalue weighted by Crippen LogP contribution is 2.43. The van der Waals surface area contributed by atoms with Crippen LogP contribution in [-0.2, 0) is 12.8 Å². The fraction of sp³-hybridized carbons (Fsp3) is 0.273. The van der Waals surface area contributed by atoms with Crippen LogP contribution in [0.25, 0.3) is 0 Å². The first-order chi connectivity index (χ1) is 12.2. The Labute approximate surface area is 154 Å². The highest BCUT2D eigenvalue weighted by Gasteiger charge is 2.24. The summed E-state index contributed by atoms with van der Waals surface area (Å²) in [6.07, 6.45) is 6.58. The van der Waals surface area contributed by atoms with Crippen molar-refractivity contribution in [2.45, 2.75) is 44.4 Å². The number of fused-ring (bicyclic) bond motifs is 1. The van der Waals surface area contributed by atoms with E-state index >= 15 is 0 Å². The molecule has 1 aliphatic carbocycles. The molecule has 0 atom stereocenters. The van der Waals surface area contributed by atoms with Gasteiger partial charge in [-0.05, 0) is 80.5 Å². The minimum Gasteiger partial charge on any atom is -0.448 e. The van der Waals surface area contributed by atoms with Crippen LogP contribution in [0.5, 0.6) is 0 Å². The van der Waals surface area contributed by atoms with Gasteiger partial charge in [-0.25, -0.2) is 0 Å². The minimum atomic E-state index is 0.873. The van der Waals surface area contributed by atoms with E-state index in [2.05, 4.69) is 43.0 Å². The summed E-state index contributed by atoms with van der Waals surface area (Å²) in [4.78, 5) is 3.18. The number of thiol groups is 1. The molecule has 0 aliphatic heterocycles. The zero-order chi connectivity index (χ0) is 17.4. The Morgan fingerprint density at radius 3 is 2.32 bits per heavy atom. The first-order valence-corrected chi connectivity index (χ1v) is 9.35. The van der Waals surface area contributed by atoms with Gasteiger partial charge in [0.1, 0.15) is 0 Å². The molecule has 2 nitrogen and oxygen atoms in total. The summed E-state index contributed by atoms with van der Waals surface area (Å²) in [5.41, 5.74) is 7.77. The summed E-state index contributed by atoms with van der Waals surface area (Å²) in [5, 5.41) is 0. The van der Waals surface area contributed by atoms with Gasteiger partial charge in [-0.1, -0.05) is 18.2 Å². The van der Waals surface area contributed by atoms with Gasteiger partial charge in [0.2, 0.25) is 5.88 Å². The third kappa shape index (κ3) is 2.87. The molecule has 1 heterocycles. The van der Waals surface area contributed by atoms with Crippen LogP contribution in [0.4, 0.5) is 17.3 Å². The number of para-hydroxylation sites is 1. The molecule has 0 unspecified atom stereocenters. The molecule has 128 valence electrons. The van der Waals surface area contributed by atoms with Gasteiger partial charge >= 0.3 is 0 Å². The van der Waals surface area contributed by atoms with E-state index in [9.17, 15) is 0 Å². The van der Waals surface area contributed by atoms with E-state index in [4.69, 9.17) is 17.0 Å².